The lowest BCUT2D eigenvalue weighted by atomic mass is 10.1. The first-order valence-corrected chi connectivity index (χ1v) is 7.56. The third-order valence-corrected chi connectivity index (χ3v) is 3.89. The van der Waals surface area contributed by atoms with Crippen LogP contribution >= 0.6 is 0 Å². The highest BCUT2D eigenvalue weighted by atomic mass is 16.1. The number of nitrogens with two attached hydrogens (primary N) is 1. The quantitative estimate of drug-likeness (QED) is 0.773. The van der Waals surface area contributed by atoms with Crippen molar-refractivity contribution in [1.29, 1.82) is 0 Å². The predicted molar refractivity (Wildman–Crippen MR) is 82.8 cm³/mol. The van der Waals surface area contributed by atoms with E-state index in [2.05, 4.69) is 40.1 Å². The van der Waals surface area contributed by atoms with Crippen LogP contribution in [0.5, 0.6) is 0 Å². The van der Waals surface area contributed by atoms with Crippen molar-refractivity contribution in [3.8, 4) is 0 Å². The largest absolute Gasteiger partial charge is 0.370 e. The number of primary amides is 1. The number of amides is 1. The van der Waals surface area contributed by atoms with Gasteiger partial charge in [-0.05, 0) is 31.5 Å². The molecule has 0 aromatic heterocycles. The molecule has 1 aliphatic heterocycles. The summed E-state index contributed by atoms with van der Waals surface area (Å²) < 4.78 is 0. The van der Waals surface area contributed by atoms with Gasteiger partial charge in [-0.15, -0.1) is 0 Å². The fourth-order valence-corrected chi connectivity index (χ4v) is 2.68. The van der Waals surface area contributed by atoms with Crippen molar-refractivity contribution >= 4 is 11.6 Å². The zero-order valence-electron chi connectivity index (χ0n) is 12.1. The van der Waals surface area contributed by atoms with Crippen molar-refractivity contribution in [2.45, 2.75) is 25.7 Å². The topological polar surface area (TPSA) is 49.6 Å². The Bertz CT molecular complexity index is 399. The van der Waals surface area contributed by atoms with Gasteiger partial charge in [0.1, 0.15) is 0 Å². The van der Waals surface area contributed by atoms with E-state index in [0.29, 0.717) is 6.42 Å². The van der Waals surface area contributed by atoms with Gasteiger partial charge in [0.15, 0.2) is 0 Å². The van der Waals surface area contributed by atoms with E-state index in [1.807, 2.05) is 0 Å². The molecule has 0 aliphatic carbocycles. The van der Waals surface area contributed by atoms with Crippen molar-refractivity contribution in [3.05, 3.63) is 30.3 Å². The minimum absolute atomic E-state index is 0.179. The molecular weight excluding hydrogens is 250 g/mol. The van der Waals surface area contributed by atoms with Crippen LogP contribution in [0.15, 0.2) is 30.3 Å². The second-order valence-electron chi connectivity index (χ2n) is 5.44. The summed E-state index contributed by atoms with van der Waals surface area (Å²) in [6.45, 7) is 5.60. The molecule has 0 radical (unpaired) electrons. The number of benzene rings is 1. The van der Waals surface area contributed by atoms with E-state index in [1.165, 1.54) is 12.1 Å². The minimum Gasteiger partial charge on any atom is -0.370 e. The summed E-state index contributed by atoms with van der Waals surface area (Å²) in [6.07, 6.45) is 3.72. The maximum Gasteiger partial charge on any atom is 0.217 e. The Hall–Kier alpha value is -1.55. The number of carbonyl (C=O) groups is 1. The van der Waals surface area contributed by atoms with E-state index >= 15 is 0 Å². The van der Waals surface area contributed by atoms with Crippen LogP contribution in [0.3, 0.4) is 0 Å². The van der Waals surface area contributed by atoms with Crippen LogP contribution in [-0.2, 0) is 4.79 Å². The number of hydrogen-bond acceptors (Lipinski definition) is 3. The molecule has 1 aliphatic rings. The second kappa shape index (κ2) is 7.90. The highest BCUT2D eigenvalue weighted by molar-refractivity contribution is 5.73. The molecule has 2 rings (SSSR count). The average molecular weight is 275 g/mol. The normalized spacial score (nSPS) is 16.3. The van der Waals surface area contributed by atoms with Gasteiger partial charge < -0.3 is 10.6 Å². The van der Waals surface area contributed by atoms with Crippen LogP contribution in [0.4, 0.5) is 5.69 Å². The van der Waals surface area contributed by atoms with E-state index < -0.39 is 0 Å². The van der Waals surface area contributed by atoms with Gasteiger partial charge in [0, 0.05) is 38.3 Å². The van der Waals surface area contributed by atoms with Gasteiger partial charge in [-0.25, -0.2) is 0 Å². The Morgan fingerprint density at radius 3 is 2.35 bits per heavy atom. The molecule has 1 heterocycles. The van der Waals surface area contributed by atoms with Crippen molar-refractivity contribution in [2.24, 2.45) is 5.73 Å². The summed E-state index contributed by atoms with van der Waals surface area (Å²) in [4.78, 5) is 15.6. The molecular formula is C16H25N3O. The lowest BCUT2D eigenvalue weighted by molar-refractivity contribution is -0.118. The lowest BCUT2D eigenvalue weighted by Crippen LogP contribution is -2.46. The number of rotatable bonds is 7. The number of carbonyl (C=O) groups excluding carboxylic acids is 1. The van der Waals surface area contributed by atoms with Gasteiger partial charge >= 0.3 is 0 Å². The molecule has 4 heteroatoms. The SMILES string of the molecule is NC(=O)CCCCCN1CCN(c2ccccc2)CC1. The maximum absolute atomic E-state index is 10.6. The van der Waals surface area contributed by atoms with Crippen molar-refractivity contribution < 1.29 is 4.79 Å². The van der Waals surface area contributed by atoms with Crippen LogP contribution in [0.1, 0.15) is 25.7 Å². The van der Waals surface area contributed by atoms with Crippen LogP contribution in [0, 0.1) is 0 Å². The van der Waals surface area contributed by atoms with Gasteiger partial charge in [0.05, 0.1) is 0 Å². The molecule has 1 saturated heterocycles. The summed E-state index contributed by atoms with van der Waals surface area (Å²) in [5, 5.41) is 0. The lowest BCUT2D eigenvalue weighted by Gasteiger charge is -2.36. The molecule has 0 unspecified atom stereocenters. The van der Waals surface area contributed by atoms with Crippen LogP contribution < -0.4 is 10.6 Å². The molecule has 0 bridgehead atoms. The standard InChI is InChI=1S/C16H25N3O/c17-16(20)9-5-2-6-10-18-11-13-19(14-12-18)15-7-3-1-4-8-15/h1,3-4,7-8H,2,5-6,9-14H2,(H2,17,20). The molecule has 1 fully saturated rings. The van der Waals surface area contributed by atoms with Gasteiger partial charge in [-0.3, -0.25) is 9.69 Å². The number of para-hydroxylation sites is 1. The molecule has 110 valence electrons. The molecule has 4 nitrogen and oxygen atoms in total. The maximum atomic E-state index is 10.6. The molecule has 20 heavy (non-hydrogen) atoms. The van der Waals surface area contributed by atoms with Gasteiger partial charge in [-0.1, -0.05) is 24.6 Å². The number of hydrogen-bond donors (Lipinski definition) is 1. The van der Waals surface area contributed by atoms with E-state index in [1.54, 1.807) is 0 Å². The number of unbranched alkanes of at least 4 members (excludes halogenated alkanes) is 2. The second-order valence-corrected chi connectivity index (χ2v) is 5.44. The number of piperazine rings is 1. The van der Waals surface area contributed by atoms with E-state index in [-0.39, 0.29) is 5.91 Å². The predicted octanol–water partition coefficient (Wildman–Crippen LogP) is 1.85. The third kappa shape index (κ3) is 4.85. The first kappa shape index (κ1) is 14.9. The molecule has 0 spiro atoms. The van der Waals surface area contributed by atoms with Crippen molar-refractivity contribution in [1.82, 2.24) is 4.90 Å². The van der Waals surface area contributed by atoms with E-state index in [4.69, 9.17) is 5.73 Å². The average Bonchev–Trinajstić information content (AvgIpc) is 2.48. The summed E-state index contributed by atoms with van der Waals surface area (Å²) in [6, 6.07) is 10.6. The summed E-state index contributed by atoms with van der Waals surface area (Å²) in [5.41, 5.74) is 6.46. The summed E-state index contributed by atoms with van der Waals surface area (Å²) in [7, 11) is 0. The van der Waals surface area contributed by atoms with E-state index in [9.17, 15) is 4.79 Å². The Morgan fingerprint density at radius 1 is 1.00 bits per heavy atom. The molecule has 1 amide bonds. The first-order chi connectivity index (χ1) is 9.75. The molecule has 0 atom stereocenters. The van der Waals surface area contributed by atoms with Crippen LogP contribution in [-0.4, -0.2) is 43.5 Å². The fourth-order valence-electron chi connectivity index (χ4n) is 2.68. The van der Waals surface area contributed by atoms with Crippen molar-refractivity contribution in [2.75, 3.05) is 37.6 Å². The smallest absolute Gasteiger partial charge is 0.217 e. The Kier molecular flexibility index (Phi) is 5.87. The Labute approximate surface area is 121 Å². The van der Waals surface area contributed by atoms with Crippen LogP contribution in [0.2, 0.25) is 0 Å². The number of nitrogens with zero attached hydrogens (tertiary/aromatic N) is 2. The first-order valence-electron chi connectivity index (χ1n) is 7.56. The minimum atomic E-state index is -0.179. The fraction of sp³-hybridized carbons (Fsp3) is 0.562. The molecule has 1 aromatic rings. The van der Waals surface area contributed by atoms with Gasteiger partial charge in [0.2, 0.25) is 5.91 Å². The highest BCUT2D eigenvalue weighted by Crippen LogP contribution is 2.15. The molecule has 1 aromatic carbocycles. The van der Waals surface area contributed by atoms with Crippen molar-refractivity contribution in [3.63, 3.8) is 0 Å². The molecule has 0 saturated carbocycles. The zero-order chi connectivity index (χ0) is 14.2. The highest BCUT2D eigenvalue weighted by Gasteiger charge is 2.16. The Balaban J connectivity index is 1.61. The van der Waals surface area contributed by atoms with Crippen LogP contribution in [0.25, 0.3) is 0 Å². The third-order valence-electron chi connectivity index (χ3n) is 3.89. The zero-order valence-corrected chi connectivity index (χ0v) is 12.1. The Morgan fingerprint density at radius 2 is 1.70 bits per heavy atom. The summed E-state index contributed by atoms with van der Waals surface area (Å²) in [5.74, 6) is -0.179. The van der Waals surface area contributed by atoms with Gasteiger partial charge in [0.25, 0.3) is 0 Å². The summed E-state index contributed by atoms with van der Waals surface area (Å²) >= 11 is 0. The van der Waals surface area contributed by atoms with Gasteiger partial charge in [-0.2, -0.15) is 0 Å². The number of anilines is 1. The van der Waals surface area contributed by atoms with E-state index in [0.717, 1.165) is 45.6 Å². The monoisotopic (exact) mass is 275 g/mol. The molecule has 2 N–H and O–H groups in total.